The fraction of sp³-hybridized carbons (Fsp3) is 0.100. The second-order valence-corrected chi connectivity index (χ2v) is 6.18. The molecular weight excluding hydrogens is 363 g/mol. The van der Waals surface area contributed by atoms with Crippen LogP contribution in [0, 0.1) is 0 Å². The third-order valence-corrected chi connectivity index (χ3v) is 4.69. The second-order valence-electron chi connectivity index (χ2n) is 5.62. The predicted octanol–water partition coefficient (Wildman–Crippen LogP) is 4.32. The van der Waals surface area contributed by atoms with Crippen molar-refractivity contribution in [2.45, 2.75) is 6.32 Å². The quantitative estimate of drug-likeness (QED) is 0.376. The minimum atomic E-state index is 0.0651. The Morgan fingerprint density at radius 3 is 2.12 bits per heavy atom. The summed E-state index contributed by atoms with van der Waals surface area (Å²) in [6.07, 6.45) is 0.493. The molecule has 0 aliphatic heterocycles. The lowest BCUT2D eigenvalue weighted by molar-refractivity contribution is 0.101. The highest BCUT2D eigenvalue weighted by atomic mass is 79.9. The molecule has 0 aliphatic rings. The van der Waals surface area contributed by atoms with Crippen LogP contribution in [0.2, 0.25) is 6.32 Å². The largest absolute Gasteiger partial charge is 0.295 e. The maximum Gasteiger partial charge on any atom is 0.173 e. The van der Waals surface area contributed by atoms with Crippen molar-refractivity contribution in [1.29, 1.82) is 0 Å². The Kier molecular flexibility index (Phi) is 4.96. The van der Waals surface area contributed by atoms with Crippen molar-refractivity contribution in [2.75, 3.05) is 5.33 Å². The maximum atomic E-state index is 12.2. The van der Waals surface area contributed by atoms with E-state index in [4.69, 9.17) is 0 Å². The van der Waals surface area contributed by atoms with Crippen LogP contribution in [0.25, 0.3) is 21.9 Å². The van der Waals surface area contributed by atoms with Gasteiger partial charge in [-0.1, -0.05) is 76.6 Å². The fourth-order valence-corrected chi connectivity index (χ4v) is 3.22. The summed E-state index contributed by atoms with van der Waals surface area (Å²) in [6.45, 7) is 0. The summed E-state index contributed by atoms with van der Waals surface area (Å²) in [6, 6.07) is 19.5. The first-order valence-corrected chi connectivity index (χ1v) is 9.02. The van der Waals surface area contributed by atoms with Gasteiger partial charge in [0.25, 0.3) is 0 Å². The number of rotatable bonds is 5. The van der Waals surface area contributed by atoms with Crippen LogP contribution >= 0.6 is 15.9 Å². The van der Waals surface area contributed by atoms with E-state index < -0.39 is 0 Å². The van der Waals surface area contributed by atoms with Crippen LogP contribution in [0.5, 0.6) is 0 Å². The van der Waals surface area contributed by atoms with E-state index in [9.17, 15) is 9.59 Å². The van der Waals surface area contributed by atoms with E-state index in [0.29, 0.717) is 17.2 Å². The Morgan fingerprint density at radius 1 is 0.833 bits per heavy atom. The van der Waals surface area contributed by atoms with Crippen molar-refractivity contribution in [2.24, 2.45) is 0 Å². The number of halogens is 1. The summed E-state index contributed by atoms with van der Waals surface area (Å²) in [7, 11) is 1.88. The molecule has 118 valence electrons. The molecule has 3 aromatic rings. The number of hydrogen-bond donors (Lipinski definition) is 0. The van der Waals surface area contributed by atoms with E-state index in [1.165, 1.54) is 0 Å². The average Bonchev–Trinajstić information content (AvgIpc) is 2.66. The summed E-state index contributed by atoms with van der Waals surface area (Å²) in [5.41, 5.74) is 3.56. The van der Waals surface area contributed by atoms with Gasteiger partial charge in [-0.15, -0.1) is 0 Å². The van der Waals surface area contributed by atoms with Gasteiger partial charge in [-0.25, -0.2) is 0 Å². The molecule has 0 saturated heterocycles. The molecule has 0 atom stereocenters. The molecular formula is C20H16BBrO2. The number of carbonyl (C=O) groups excluding carboxylic acids is 2. The summed E-state index contributed by atoms with van der Waals surface area (Å²) < 4.78 is 0. The van der Waals surface area contributed by atoms with Gasteiger partial charge in [0.2, 0.25) is 0 Å². The van der Waals surface area contributed by atoms with Gasteiger partial charge < -0.3 is 0 Å². The molecule has 4 heteroatoms. The van der Waals surface area contributed by atoms with Crippen molar-refractivity contribution in [3.05, 3.63) is 71.8 Å². The molecule has 0 bridgehead atoms. The molecule has 0 spiro atoms. The topological polar surface area (TPSA) is 34.1 Å². The van der Waals surface area contributed by atoms with Crippen molar-refractivity contribution in [3.8, 4) is 11.1 Å². The van der Waals surface area contributed by atoms with Gasteiger partial charge >= 0.3 is 0 Å². The molecule has 3 aromatic carbocycles. The zero-order valence-electron chi connectivity index (χ0n) is 13.4. The third-order valence-electron chi connectivity index (χ3n) is 4.18. The number of hydrogen-bond acceptors (Lipinski definition) is 2. The van der Waals surface area contributed by atoms with E-state index in [0.717, 1.165) is 27.5 Å². The van der Waals surface area contributed by atoms with Crippen molar-refractivity contribution >= 4 is 46.1 Å². The number of carbonyl (C=O) groups is 2. The van der Waals surface area contributed by atoms with Gasteiger partial charge in [-0.3, -0.25) is 9.59 Å². The Morgan fingerprint density at radius 2 is 1.50 bits per heavy atom. The van der Waals surface area contributed by atoms with Crippen LogP contribution in [0.4, 0.5) is 0 Å². The highest BCUT2D eigenvalue weighted by molar-refractivity contribution is 9.09. The molecule has 0 saturated carbocycles. The first-order valence-electron chi connectivity index (χ1n) is 7.90. The molecule has 0 N–H and O–H groups in total. The zero-order valence-corrected chi connectivity index (χ0v) is 15.0. The molecule has 2 nitrogen and oxygen atoms in total. The minimum absolute atomic E-state index is 0.0651. The molecule has 0 heterocycles. The summed E-state index contributed by atoms with van der Waals surface area (Å²) >= 11 is 3.19. The van der Waals surface area contributed by atoms with Gasteiger partial charge in [0.05, 0.1) is 5.33 Å². The highest BCUT2D eigenvalue weighted by Crippen LogP contribution is 2.31. The number of alkyl halides is 1. The number of benzene rings is 3. The van der Waals surface area contributed by atoms with E-state index >= 15 is 0 Å². The average molecular weight is 379 g/mol. The van der Waals surface area contributed by atoms with Crippen LogP contribution < -0.4 is 0 Å². The molecule has 24 heavy (non-hydrogen) atoms. The van der Waals surface area contributed by atoms with E-state index in [2.05, 4.69) is 15.9 Å². The lowest BCUT2D eigenvalue weighted by Crippen LogP contribution is -2.00. The summed E-state index contributed by atoms with van der Waals surface area (Å²) in [5, 5.41) is 2.35. The predicted molar refractivity (Wildman–Crippen MR) is 105 cm³/mol. The van der Waals surface area contributed by atoms with Gasteiger partial charge in [-0.2, -0.15) is 0 Å². The molecule has 0 radical (unpaired) electrons. The highest BCUT2D eigenvalue weighted by Gasteiger charge is 2.12. The Hall–Kier alpha value is -2.20. The Labute approximate surface area is 150 Å². The van der Waals surface area contributed by atoms with E-state index in [1.807, 2.05) is 68.5 Å². The Balaban J connectivity index is 2.14. The van der Waals surface area contributed by atoms with Gasteiger partial charge in [-0.05, 0) is 28.2 Å². The molecule has 0 fully saturated rings. The second kappa shape index (κ2) is 7.14. The molecule has 3 rings (SSSR count). The molecule has 0 aliphatic carbocycles. The van der Waals surface area contributed by atoms with Gasteiger partial charge in [0, 0.05) is 11.1 Å². The summed E-state index contributed by atoms with van der Waals surface area (Å²) in [4.78, 5) is 23.9. The van der Waals surface area contributed by atoms with Crippen molar-refractivity contribution < 1.29 is 9.59 Å². The number of ketones is 2. The van der Waals surface area contributed by atoms with E-state index in [1.54, 1.807) is 0 Å². The normalized spacial score (nSPS) is 10.7. The lowest BCUT2D eigenvalue weighted by Gasteiger charge is -2.11. The first kappa shape index (κ1) is 16.7. The maximum absolute atomic E-state index is 12.2. The summed E-state index contributed by atoms with van der Waals surface area (Å²) in [5.74, 6) is 0.214. The minimum Gasteiger partial charge on any atom is -0.295 e. The van der Waals surface area contributed by atoms with Crippen LogP contribution in [-0.4, -0.2) is 24.7 Å². The van der Waals surface area contributed by atoms with Crippen LogP contribution in [0.1, 0.15) is 20.7 Å². The van der Waals surface area contributed by atoms with E-state index in [-0.39, 0.29) is 11.6 Å². The SMILES string of the molecule is BCC(=O)c1ccc(-c2ccc(C(=O)CBr)cc2)c2ccccc12. The van der Waals surface area contributed by atoms with Crippen molar-refractivity contribution in [3.63, 3.8) is 0 Å². The first-order chi connectivity index (χ1) is 11.7. The Bertz CT molecular complexity index is 917. The monoisotopic (exact) mass is 378 g/mol. The molecule has 0 unspecified atom stereocenters. The number of Topliss-reactive ketones (excluding diaryl/α,β-unsaturated/α-hetero) is 2. The standard InChI is InChI=1S/C20H16BBrO2/c21-11-19(23)18-10-9-15(16-3-1-2-4-17(16)18)13-5-7-14(8-6-13)20(24)12-22/h1-10H,11-12,21H2. The number of fused-ring (bicyclic) bond motifs is 1. The van der Waals surface area contributed by atoms with Crippen LogP contribution in [-0.2, 0) is 0 Å². The smallest absolute Gasteiger partial charge is 0.173 e. The van der Waals surface area contributed by atoms with Crippen molar-refractivity contribution in [1.82, 2.24) is 0 Å². The zero-order chi connectivity index (χ0) is 17.1. The molecule has 0 aromatic heterocycles. The third kappa shape index (κ3) is 3.06. The van der Waals surface area contributed by atoms with Crippen LogP contribution in [0.3, 0.4) is 0 Å². The van der Waals surface area contributed by atoms with Gasteiger partial charge in [0.1, 0.15) is 7.85 Å². The van der Waals surface area contributed by atoms with Crippen LogP contribution in [0.15, 0.2) is 60.7 Å². The lowest BCUT2D eigenvalue weighted by atomic mass is 9.89. The fourth-order valence-electron chi connectivity index (χ4n) is 2.90. The molecule has 0 amide bonds. The van der Waals surface area contributed by atoms with Gasteiger partial charge in [0.15, 0.2) is 11.6 Å².